The van der Waals surface area contributed by atoms with Gasteiger partial charge >= 0.3 is 18.0 Å². The molecule has 126 valence electrons. The summed E-state index contributed by atoms with van der Waals surface area (Å²) >= 11 is 0. The molecule has 0 aliphatic heterocycles. The van der Waals surface area contributed by atoms with E-state index in [1.54, 1.807) is 0 Å². The number of carbonyl (C=O) groups is 2. The SMILES string of the molecule is C[C@@H]1CCCC[C@H]1NC(=O)C(=O)Nc1cccc(C(F)(F)F)c1. The van der Waals surface area contributed by atoms with Crippen LogP contribution >= 0.6 is 0 Å². The summed E-state index contributed by atoms with van der Waals surface area (Å²) in [5.74, 6) is -1.49. The number of rotatable bonds is 2. The fourth-order valence-corrected chi connectivity index (χ4v) is 2.73. The zero-order valence-electron chi connectivity index (χ0n) is 12.7. The Kier molecular flexibility index (Phi) is 5.28. The molecule has 2 atom stereocenters. The summed E-state index contributed by atoms with van der Waals surface area (Å²) in [5, 5.41) is 4.87. The standard InChI is InChI=1S/C16H19F3N2O2/c1-10-5-2-3-8-13(10)21-15(23)14(22)20-12-7-4-6-11(9-12)16(17,18)19/h4,6-7,9-10,13H,2-3,5,8H2,1H3,(H,20,22)(H,21,23)/t10-,13-/m1/s1. The third-order valence-corrected chi connectivity index (χ3v) is 4.08. The fraction of sp³-hybridized carbons (Fsp3) is 0.500. The number of hydrogen-bond donors (Lipinski definition) is 2. The molecule has 2 amide bonds. The first-order valence-electron chi connectivity index (χ1n) is 7.56. The molecule has 1 aromatic carbocycles. The molecule has 0 saturated heterocycles. The number of alkyl halides is 3. The van der Waals surface area contributed by atoms with Crippen LogP contribution in [-0.2, 0) is 15.8 Å². The lowest BCUT2D eigenvalue weighted by atomic mass is 9.86. The summed E-state index contributed by atoms with van der Waals surface area (Å²) in [5.41, 5.74) is -0.937. The van der Waals surface area contributed by atoms with Gasteiger partial charge in [-0.15, -0.1) is 0 Å². The molecular weight excluding hydrogens is 309 g/mol. The molecule has 2 rings (SSSR count). The van der Waals surface area contributed by atoms with Crippen molar-refractivity contribution in [3.63, 3.8) is 0 Å². The van der Waals surface area contributed by atoms with Crippen LogP contribution in [0.25, 0.3) is 0 Å². The van der Waals surface area contributed by atoms with Crippen molar-refractivity contribution in [1.82, 2.24) is 5.32 Å². The van der Waals surface area contributed by atoms with Crippen LogP contribution < -0.4 is 10.6 Å². The number of nitrogens with one attached hydrogen (secondary N) is 2. The van der Waals surface area contributed by atoms with Crippen LogP contribution in [0.3, 0.4) is 0 Å². The largest absolute Gasteiger partial charge is 0.416 e. The Morgan fingerprint density at radius 3 is 2.48 bits per heavy atom. The van der Waals surface area contributed by atoms with E-state index >= 15 is 0 Å². The summed E-state index contributed by atoms with van der Waals surface area (Å²) in [6, 6.07) is 4.13. The molecular formula is C16H19F3N2O2. The molecule has 0 radical (unpaired) electrons. The topological polar surface area (TPSA) is 58.2 Å². The maximum atomic E-state index is 12.6. The minimum absolute atomic E-state index is 0.0586. The third kappa shape index (κ3) is 4.71. The molecule has 1 fully saturated rings. The fourth-order valence-electron chi connectivity index (χ4n) is 2.73. The van der Waals surface area contributed by atoms with E-state index in [0.717, 1.165) is 37.8 Å². The highest BCUT2D eigenvalue weighted by molar-refractivity contribution is 6.39. The molecule has 7 heteroatoms. The van der Waals surface area contributed by atoms with Gasteiger partial charge in [0.2, 0.25) is 0 Å². The number of anilines is 1. The Bertz CT molecular complexity index is 587. The molecule has 23 heavy (non-hydrogen) atoms. The lowest BCUT2D eigenvalue weighted by Crippen LogP contribution is -2.45. The number of benzene rings is 1. The number of amides is 2. The first-order valence-corrected chi connectivity index (χ1v) is 7.56. The molecule has 0 heterocycles. The van der Waals surface area contributed by atoms with Crippen LogP contribution in [0.2, 0.25) is 0 Å². The Morgan fingerprint density at radius 1 is 1.13 bits per heavy atom. The van der Waals surface area contributed by atoms with Gasteiger partial charge in [-0.3, -0.25) is 9.59 Å². The van der Waals surface area contributed by atoms with Crippen LogP contribution in [-0.4, -0.2) is 17.9 Å². The molecule has 4 nitrogen and oxygen atoms in total. The Balaban J connectivity index is 1.97. The van der Waals surface area contributed by atoms with E-state index in [2.05, 4.69) is 10.6 Å². The van der Waals surface area contributed by atoms with E-state index in [1.165, 1.54) is 12.1 Å². The van der Waals surface area contributed by atoms with Crippen molar-refractivity contribution in [3.05, 3.63) is 29.8 Å². The van der Waals surface area contributed by atoms with Gasteiger partial charge in [-0.05, 0) is 37.0 Å². The molecule has 0 bridgehead atoms. The lowest BCUT2D eigenvalue weighted by molar-refractivity contribution is -0.137. The summed E-state index contributed by atoms with van der Waals surface area (Å²) < 4.78 is 37.9. The van der Waals surface area contributed by atoms with Gasteiger partial charge in [-0.25, -0.2) is 0 Å². The van der Waals surface area contributed by atoms with Gasteiger partial charge in [-0.2, -0.15) is 13.2 Å². The van der Waals surface area contributed by atoms with Crippen molar-refractivity contribution in [1.29, 1.82) is 0 Å². The zero-order valence-corrected chi connectivity index (χ0v) is 12.7. The monoisotopic (exact) mass is 328 g/mol. The van der Waals surface area contributed by atoms with Crippen molar-refractivity contribution >= 4 is 17.5 Å². The molecule has 0 unspecified atom stereocenters. The van der Waals surface area contributed by atoms with Crippen molar-refractivity contribution in [2.45, 2.75) is 44.8 Å². The van der Waals surface area contributed by atoms with Crippen LogP contribution in [0.15, 0.2) is 24.3 Å². The van der Waals surface area contributed by atoms with Gasteiger partial charge in [0.15, 0.2) is 0 Å². The highest BCUT2D eigenvalue weighted by atomic mass is 19.4. The van der Waals surface area contributed by atoms with Gasteiger partial charge in [-0.1, -0.05) is 25.8 Å². The van der Waals surface area contributed by atoms with Gasteiger partial charge in [0.25, 0.3) is 0 Å². The Morgan fingerprint density at radius 2 is 1.83 bits per heavy atom. The lowest BCUT2D eigenvalue weighted by Gasteiger charge is -2.29. The number of halogens is 3. The zero-order chi connectivity index (χ0) is 17.0. The molecule has 2 N–H and O–H groups in total. The number of carbonyl (C=O) groups excluding carboxylic acids is 2. The van der Waals surface area contributed by atoms with Gasteiger partial charge in [0.05, 0.1) is 5.56 Å². The van der Waals surface area contributed by atoms with Gasteiger partial charge in [0.1, 0.15) is 0 Å². The first-order chi connectivity index (χ1) is 10.8. The second-order valence-corrected chi connectivity index (χ2v) is 5.87. The summed E-state index contributed by atoms with van der Waals surface area (Å²) in [6.45, 7) is 2.01. The van der Waals surface area contributed by atoms with E-state index in [-0.39, 0.29) is 17.6 Å². The molecule has 1 aliphatic carbocycles. The van der Waals surface area contributed by atoms with Crippen LogP contribution in [0.1, 0.15) is 38.2 Å². The number of hydrogen-bond acceptors (Lipinski definition) is 2. The highest BCUT2D eigenvalue weighted by Gasteiger charge is 2.31. The quantitative estimate of drug-likeness (QED) is 0.818. The molecule has 1 aromatic rings. The van der Waals surface area contributed by atoms with E-state index in [1.807, 2.05) is 6.92 Å². The predicted octanol–water partition coefficient (Wildman–Crippen LogP) is 3.34. The predicted molar refractivity (Wildman–Crippen MR) is 79.6 cm³/mol. The molecule has 0 spiro atoms. The van der Waals surface area contributed by atoms with Crippen LogP contribution in [0.5, 0.6) is 0 Å². The van der Waals surface area contributed by atoms with E-state index < -0.39 is 23.6 Å². The van der Waals surface area contributed by atoms with Gasteiger partial charge < -0.3 is 10.6 Å². The van der Waals surface area contributed by atoms with Crippen molar-refractivity contribution in [2.24, 2.45) is 5.92 Å². The summed E-state index contributed by atoms with van der Waals surface area (Å²) in [7, 11) is 0. The summed E-state index contributed by atoms with van der Waals surface area (Å²) in [6.07, 6.45) is -0.612. The van der Waals surface area contributed by atoms with E-state index in [4.69, 9.17) is 0 Å². The van der Waals surface area contributed by atoms with E-state index in [9.17, 15) is 22.8 Å². The minimum atomic E-state index is -4.50. The van der Waals surface area contributed by atoms with Crippen molar-refractivity contribution in [3.8, 4) is 0 Å². The Labute approximate surface area is 132 Å². The average Bonchev–Trinajstić information content (AvgIpc) is 2.49. The maximum absolute atomic E-state index is 12.6. The van der Waals surface area contributed by atoms with Gasteiger partial charge in [0, 0.05) is 11.7 Å². The van der Waals surface area contributed by atoms with Crippen LogP contribution in [0.4, 0.5) is 18.9 Å². The molecule has 0 aromatic heterocycles. The molecule has 1 saturated carbocycles. The minimum Gasteiger partial charge on any atom is -0.345 e. The Hall–Kier alpha value is -2.05. The van der Waals surface area contributed by atoms with Crippen molar-refractivity contribution < 1.29 is 22.8 Å². The van der Waals surface area contributed by atoms with E-state index in [0.29, 0.717) is 0 Å². The normalized spacial score (nSPS) is 21.6. The average molecular weight is 328 g/mol. The second-order valence-electron chi connectivity index (χ2n) is 5.87. The van der Waals surface area contributed by atoms with Crippen LogP contribution in [0, 0.1) is 5.92 Å². The second kappa shape index (κ2) is 7.02. The highest BCUT2D eigenvalue weighted by Crippen LogP contribution is 2.30. The molecule has 1 aliphatic rings. The third-order valence-electron chi connectivity index (χ3n) is 4.08. The maximum Gasteiger partial charge on any atom is 0.416 e. The van der Waals surface area contributed by atoms with Crippen molar-refractivity contribution in [2.75, 3.05) is 5.32 Å². The summed E-state index contributed by atoms with van der Waals surface area (Å²) in [4.78, 5) is 23.7. The first kappa shape index (κ1) is 17.3. The smallest absolute Gasteiger partial charge is 0.345 e.